The zero-order chi connectivity index (χ0) is 12.3. The zero-order valence-electron chi connectivity index (χ0n) is 10.1. The van der Waals surface area contributed by atoms with E-state index in [4.69, 9.17) is 0 Å². The quantitative estimate of drug-likeness (QED) is 0.876. The maximum atomic E-state index is 11.5. The molecule has 0 spiro atoms. The van der Waals surface area contributed by atoms with Gasteiger partial charge in [0.2, 0.25) is 0 Å². The summed E-state index contributed by atoms with van der Waals surface area (Å²) in [6, 6.07) is 3.37. The van der Waals surface area contributed by atoms with E-state index in [1.165, 1.54) is 6.26 Å². The minimum absolute atomic E-state index is 0.176. The van der Waals surface area contributed by atoms with E-state index in [-0.39, 0.29) is 10.9 Å². The van der Waals surface area contributed by atoms with Crippen molar-refractivity contribution in [3.05, 3.63) is 18.3 Å². The lowest BCUT2D eigenvalue weighted by molar-refractivity contribution is 0.556. The highest BCUT2D eigenvalue weighted by atomic mass is 32.2. The predicted octanol–water partition coefficient (Wildman–Crippen LogP) is 1.94. The van der Waals surface area contributed by atoms with Crippen molar-refractivity contribution in [2.24, 2.45) is 5.92 Å². The first-order valence-corrected chi connectivity index (χ1v) is 7.13. The monoisotopic (exact) mass is 242 g/mol. The van der Waals surface area contributed by atoms with Crippen LogP contribution in [0.15, 0.2) is 23.2 Å². The SMILES string of the molecule is CC(C)C(C)Nc1ncccc1S(C)(=O)=O. The molecule has 16 heavy (non-hydrogen) atoms. The number of hydrogen-bond acceptors (Lipinski definition) is 4. The smallest absolute Gasteiger partial charge is 0.179 e. The Kier molecular flexibility index (Phi) is 3.91. The van der Waals surface area contributed by atoms with Crippen LogP contribution in [0.1, 0.15) is 20.8 Å². The standard InChI is InChI=1S/C11H18N2O2S/c1-8(2)9(3)13-11-10(16(4,14)15)6-5-7-12-11/h5-9H,1-4H3,(H,12,13). The maximum absolute atomic E-state index is 11.5. The molecule has 0 aromatic carbocycles. The molecule has 1 N–H and O–H groups in total. The van der Waals surface area contributed by atoms with Crippen LogP contribution in [0.3, 0.4) is 0 Å². The first-order valence-electron chi connectivity index (χ1n) is 5.24. The van der Waals surface area contributed by atoms with Crippen molar-refractivity contribution in [2.75, 3.05) is 11.6 Å². The third kappa shape index (κ3) is 3.20. The lowest BCUT2D eigenvalue weighted by Crippen LogP contribution is -2.23. The number of rotatable bonds is 4. The fourth-order valence-electron chi connectivity index (χ4n) is 1.18. The van der Waals surface area contributed by atoms with Crippen LogP contribution in [0.4, 0.5) is 5.82 Å². The van der Waals surface area contributed by atoms with E-state index >= 15 is 0 Å². The van der Waals surface area contributed by atoms with Crippen molar-refractivity contribution in [3.63, 3.8) is 0 Å². The normalized spacial score (nSPS) is 13.8. The van der Waals surface area contributed by atoms with Crippen LogP contribution >= 0.6 is 0 Å². The largest absolute Gasteiger partial charge is 0.366 e. The van der Waals surface area contributed by atoms with Crippen LogP contribution in [0.2, 0.25) is 0 Å². The molecule has 1 aromatic heterocycles. The van der Waals surface area contributed by atoms with Gasteiger partial charge < -0.3 is 5.32 Å². The van der Waals surface area contributed by atoms with Gasteiger partial charge in [-0.25, -0.2) is 13.4 Å². The lowest BCUT2D eigenvalue weighted by atomic mass is 10.1. The van der Waals surface area contributed by atoms with E-state index in [1.54, 1.807) is 18.3 Å². The highest BCUT2D eigenvalue weighted by molar-refractivity contribution is 7.90. The summed E-state index contributed by atoms with van der Waals surface area (Å²) in [7, 11) is -3.23. The summed E-state index contributed by atoms with van der Waals surface area (Å²) in [5.74, 6) is 0.848. The third-order valence-electron chi connectivity index (χ3n) is 2.53. The van der Waals surface area contributed by atoms with Gasteiger partial charge in [-0.05, 0) is 25.0 Å². The Balaban J connectivity index is 3.06. The van der Waals surface area contributed by atoms with Gasteiger partial charge in [0.25, 0.3) is 0 Å². The highest BCUT2D eigenvalue weighted by Gasteiger charge is 2.16. The van der Waals surface area contributed by atoms with Crippen LogP contribution in [0.25, 0.3) is 0 Å². The molecule has 4 nitrogen and oxygen atoms in total. The average Bonchev–Trinajstić information content (AvgIpc) is 2.16. The molecule has 0 radical (unpaired) electrons. The molecule has 1 aromatic rings. The molecular formula is C11H18N2O2S. The number of aromatic nitrogens is 1. The summed E-state index contributed by atoms with van der Waals surface area (Å²) in [5, 5.41) is 3.13. The molecule has 1 unspecified atom stereocenters. The Labute approximate surface area is 97.0 Å². The maximum Gasteiger partial charge on any atom is 0.179 e. The van der Waals surface area contributed by atoms with Gasteiger partial charge in [-0.1, -0.05) is 13.8 Å². The van der Waals surface area contributed by atoms with Crippen molar-refractivity contribution < 1.29 is 8.42 Å². The van der Waals surface area contributed by atoms with E-state index < -0.39 is 9.84 Å². The second kappa shape index (κ2) is 4.82. The van der Waals surface area contributed by atoms with Crippen LogP contribution < -0.4 is 5.32 Å². The summed E-state index contributed by atoms with van der Waals surface area (Å²) in [4.78, 5) is 4.33. The molecule has 0 amide bonds. The van der Waals surface area contributed by atoms with Crippen molar-refractivity contribution in [2.45, 2.75) is 31.7 Å². The molecule has 0 aliphatic carbocycles. The number of nitrogens with zero attached hydrogens (tertiary/aromatic N) is 1. The fraction of sp³-hybridized carbons (Fsp3) is 0.545. The summed E-state index contributed by atoms with van der Waals surface area (Å²) in [5.41, 5.74) is 0. The summed E-state index contributed by atoms with van der Waals surface area (Å²) >= 11 is 0. The van der Waals surface area contributed by atoms with Gasteiger partial charge in [0, 0.05) is 18.5 Å². The molecular weight excluding hydrogens is 224 g/mol. The van der Waals surface area contributed by atoms with Crippen molar-refractivity contribution in [1.29, 1.82) is 0 Å². The van der Waals surface area contributed by atoms with Gasteiger partial charge in [0.05, 0.1) is 0 Å². The predicted molar refractivity (Wildman–Crippen MR) is 65.3 cm³/mol. The van der Waals surface area contributed by atoms with Crippen molar-refractivity contribution in [3.8, 4) is 0 Å². The number of nitrogens with one attached hydrogen (secondary N) is 1. The van der Waals surface area contributed by atoms with E-state index in [1.807, 2.05) is 6.92 Å². The molecule has 5 heteroatoms. The molecule has 0 bridgehead atoms. The number of hydrogen-bond donors (Lipinski definition) is 1. The second-order valence-electron chi connectivity index (χ2n) is 4.30. The Hall–Kier alpha value is -1.10. The molecule has 90 valence electrons. The molecule has 1 atom stereocenters. The lowest BCUT2D eigenvalue weighted by Gasteiger charge is -2.19. The van der Waals surface area contributed by atoms with Crippen molar-refractivity contribution in [1.82, 2.24) is 4.98 Å². The molecule has 0 saturated carbocycles. The van der Waals surface area contributed by atoms with Gasteiger partial charge in [0.15, 0.2) is 9.84 Å². The molecule has 0 saturated heterocycles. The second-order valence-corrected chi connectivity index (χ2v) is 6.28. The van der Waals surface area contributed by atoms with Crippen LogP contribution in [0.5, 0.6) is 0 Å². The summed E-state index contributed by atoms with van der Waals surface area (Å²) < 4.78 is 23.1. The molecule has 1 heterocycles. The summed E-state index contributed by atoms with van der Waals surface area (Å²) in [6.45, 7) is 6.15. The first-order chi connectivity index (χ1) is 7.32. The van der Waals surface area contributed by atoms with E-state index in [0.717, 1.165) is 0 Å². The average molecular weight is 242 g/mol. The van der Waals surface area contributed by atoms with Gasteiger partial charge in [0.1, 0.15) is 10.7 Å². The van der Waals surface area contributed by atoms with Crippen LogP contribution in [-0.2, 0) is 9.84 Å². The Morgan fingerprint density at radius 2 is 1.94 bits per heavy atom. The number of anilines is 1. The fourth-order valence-corrected chi connectivity index (χ4v) is 1.97. The van der Waals surface area contributed by atoms with Crippen molar-refractivity contribution >= 4 is 15.7 Å². The Morgan fingerprint density at radius 1 is 1.31 bits per heavy atom. The van der Waals surface area contributed by atoms with Crippen LogP contribution in [0, 0.1) is 5.92 Å². The van der Waals surface area contributed by atoms with Crippen LogP contribution in [-0.4, -0.2) is 25.7 Å². The topological polar surface area (TPSA) is 59.1 Å². The minimum atomic E-state index is -3.23. The molecule has 0 aliphatic rings. The highest BCUT2D eigenvalue weighted by Crippen LogP contribution is 2.19. The third-order valence-corrected chi connectivity index (χ3v) is 3.66. The van der Waals surface area contributed by atoms with E-state index in [0.29, 0.717) is 11.7 Å². The zero-order valence-corrected chi connectivity index (χ0v) is 10.9. The van der Waals surface area contributed by atoms with E-state index in [2.05, 4.69) is 24.1 Å². The van der Waals surface area contributed by atoms with Gasteiger partial charge in [-0.2, -0.15) is 0 Å². The van der Waals surface area contributed by atoms with E-state index in [9.17, 15) is 8.42 Å². The molecule has 1 rings (SSSR count). The Bertz CT molecular complexity index is 455. The molecule has 0 aliphatic heterocycles. The first kappa shape index (κ1) is 13.0. The number of pyridine rings is 1. The van der Waals surface area contributed by atoms with Gasteiger partial charge in [-0.3, -0.25) is 0 Å². The molecule has 0 fully saturated rings. The van der Waals surface area contributed by atoms with Gasteiger partial charge >= 0.3 is 0 Å². The summed E-state index contributed by atoms with van der Waals surface area (Å²) in [6.07, 6.45) is 2.78. The Morgan fingerprint density at radius 3 is 2.44 bits per heavy atom. The minimum Gasteiger partial charge on any atom is -0.366 e. The number of sulfone groups is 1. The van der Waals surface area contributed by atoms with Gasteiger partial charge in [-0.15, -0.1) is 0 Å².